The van der Waals surface area contributed by atoms with Crippen molar-refractivity contribution < 1.29 is 4.79 Å². The van der Waals surface area contributed by atoms with Crippen molar-refractivity contribution in [3.63, 3.8) is 0 Å². The van der Waals surface area contributed by atoms with E-state index < -0.39 is 0 Å². The van der Waals surface area contributed by atoms with Crippen LogP contribution in [0, 0.1) is 13.8 Å². The molecule has 3 aromatic carbocycles. The lowest BCUT2D eigenvalue weighted by Crippen LogP contribution is -2.19. The van der Waals surface area contributed by atoms with Crippen LogP contribution < -0.4 is 5.32 Å². The maximum absolute atomic E-state index is 12.4. The van der Waals surface area contributed by atoms with Gasteiger partial charge in [0, 0.05) is 14.8 Å². The Morgan fingerprint density at radius 1 is 0.933 bits per heavy atom. The van der Waals surface area contributed by atoms with Gasteiger partial charge in [0.05, 0.1) is 10.6 Å². The van der Waals surface area contributed by atoms with Crippen LogP contribution in [0.5, 0.6) is 0 Å². The summed E-state index contributed by atoms with van der Waals surface area (Å²) in [5.74, 6) is -0.122. The van der Waals surface area contributed by atoms with Gasteiger partial charge in [-0.3, -0.25) is 4.79 Å². The van der Waals surface area contributed by atoms with E-state index in [1.165, 1.54) is 11.8 Å². The summed E-state index contributed by atoms with van der Waals surface area (Å²) in [5, 5.41) is 4.18. The van der Waals surface area contributed by atoms with Crippen molar-refractivity contribution >= 4 is 58.0 Å². The van der Waals surface area contributed by atoms with Gasteiger partial charge in [0.25, 0.3) is 5.91 Å². The highest BCUT2D eigenvalue weighted by Gasteiger charge is 2.23. The Morgan fingerprint density at radius 2 is 1.53 bits per heavy atom. The second-order valence-electron chi connectivity index (χ2n) is 6.95. The summed E-state index contributed by atoms with van der Waals surface area (Å²) in [5.41, 5.74) is 4.12. The van der Waals surface area contributed by atoms with Crippen LogP contribution >= 0.6 is 35.1 Å². The maximum atomic E-state index is 12.4. The van der Waals surface area contributed by atoms with Crippen LogP contribution in [0.2, 0.25) is 5.02 Å². The Kier molecular flexibility index (Phi) is 6.32. The molecule has 1 aliphatic heterocycles. The number of carbonyl (C=O) groups is 1. The van der Waals surface area contributed by atoms with Gasteiger partial charge in [-0.25, -0.2) is 4.99 Å². The number of amides is 1. The van der Waals surface area contributed by atoms with Gasteiger partial charge < -0.3 is 5.32 Å². The van der Waals surface area contributed by atoms with Gasteiger partial charge in [-0.1, -0.05) is 41.6 Å². The molecule has 150 valence electrons. The minimum atomic E-state index is -0.122. The summed E-state index contributed by atoms with van der Waals surface area (Å²) in [6, 6.07) is 22.0. The molecule has 6 heteroatoms. The summed E-state index contributed by atoms with van der Waals surface area (Å²) in [7, 11) is 0. The minimum Gasteiger partial charge on any atom is -0.300 e. The summed E-state index contributed by atoms with van der Waals surface area (Å²) in [4.78, 5) is 19.8. The van der Waals surface area contributed by atoms with E-state index in [1.54, 1.807) is 11.8 Å². The zero-order valence-corrected chi connectivity index (χ0v) is 18.9. The van der Waals surface area contributed by atoms with Crippen LogP contribution in [0.4, 0.5) is 5.69 Å². The minimum absolute atomic E-state index is 0.122. The van der Waals surface area contributed by atoms with Crippen molar-refractivity contribution in [3.8, 4) is 0 Å². The molecule has 1 fully saturated rings. The molecule has 0 aromatic heterocycles. The number of thioether (sulfide) groups is 1. The molecule has 4 rings (SSSR count). The second-order valence-corrected chi connectivity index (χ2v) is 9.57. The predicted molar refractivity (Wildman–Crippen MR) is 129 cm³/mol. The molecule has 0 spiro atoms. The largest absolute Gasteiger partial charge is 0.300 e. The molecule has 0 atom stereocenters. The van der Waals surface area contributed by atoms with Gasteiger partial charge >= 0.3 is 0 Å². The fourth-order valence-corrected chi connectivity index (χ4v) is 4.82. The molecule has 3 nitrogen and oxygen atoms in total. The lowest BCUT2D eigenvalue weighted by atomic mass is 10.1. The molecular formula is C24H19ClN2OS2. The van der Waals surface area contributed by atoms with Crippen molar-refractivity contribution in [2.24, 2.45) is 4.99 Å². The van der Waals surface area contributed by atoms with Crippen LogP contribution in [0.25, 0.3) is 6.08 Å². The average Bonchev–Trinajstić information content (AvgIpc) is 3.03. The smallest absolute Gasteiger partial charge is 0.264 e. The second kappa shape index (κ2) is 9.13. The number of aryl methyl sites for hydroxylation is 2. The van der Waals surface area contributed by atoms with Gasteiger partial charge in [-0.2, -0.15) is 0 Å². The first-order valence-electron chi connectivity index (χ1n) is 9.36. The first kappa shape index (κ1) is 20.8. The molecule has 1 N–H and O–H groups in total. The molecule has 0 saturated carbocycles. The van der Waals surface area contributed by atoms with Crippen LogP contribution in [0.3, 0.4) is 0 Å². The number of hydrogen-bond donors (Lipinski definition) is 1. The molecule has 1 saturated heterocycles. The van der Waals surface area contributed by atoms with Crippen molar-refractivity contribution in [1.29, 1.82) is 0 Å². The third-order valence-corrected chi connectivity index (χ3v) is 6.49. The highest BCUT2D eigenvalue weighted by molar-refractivity contribution is 8.18. The lowest BCUT2D eigenvalue weighted by Gasteiger charge is -2.03. The van der Waals surface area contributed by atoms with E-state index in [0.29, 0.717) is 10.1 Å². The van der Waals surface area contributed by atoms with E-state index in [1.807, 2.05) is 80.6 Å². The Morgan fingerprint density at radius 3 is 2.17 bits per heavy atom. The molecule has 0 radical (unpaired) electrons. The predicted octanol–water partition coefficient (Wildman–Crippen LogP) is 7.00. The van der Waals surface area contributed by atoms with Crippen molar-refractivity contribution in [1.82, 2.24) is 5.32 Å². The molecule has 0 unspecified atom stereocenters. The van der Waals surface area contributed by atoms with E-state index in [9.17, 15) is 4.79 Å². The Hall–Kier alpha value is -2.47. The Balaban J connectivity index is 1.47. The van der Waals surface area contributed by atoms with Gasteiger partial charge in [-0.05, 0) is 96.9 Å². The SMILES string of the molecule is Cc1cc(C)cc(N=C2NC(=O)/C(=C/c3ccc(Sc4ccc(Cl)cc4)cc3)S2)c1. The third-order valence-electron chi connectivity index (χ3n) is 4.32. The zero-order valence-electron chi connectivity index (χ0n) is 16.5. The summed E-state index contributed by atoms with van der Waals surface area (Å²) in [6.07, 6.45) is 1.89. The molecule has 0 bridgehead atoms. The molecular weight excluding hydrogens is 432 g/mol. The molecule has 1 heterocycles. The van der Waals surface area contributed by atoms with Crippen LogP contribution in [0.15, 0.2) is 86.4 Å². The average molecular weight is 451 g/mol. The van der Waals surface area contributed by atoms with Gasteiger partial charge in [0.2, 0.25) is 0 Å². The number of aliphatic imine (C=N–C) groups is 1. The number of rotatable bonds is 4. The molecule has 30 heavy (non-hydrogen) atoms. The monoisotopic (exact) mass is 450 g/mol. The quantitative estimate of drug-likeness (QED) is 0.435. The normalized spacial score (nSPS) is 16.3. The maximum Gasteiger partial charge on any atom is 0.264 e. The zero-order chi connectivity index (χ0) is 21.1. The van der Waals surface area contributed by atoms with Crippen LogP contribution in [0.1, 0.15) is 16.7 Å². The molecule has 1 aliphatic rings. The van der Waals surface area contributed by atoms with Crippen LogP contribution in [-0.2, 0) is 4.79 Å². The number of amidine groups is 1. The summed E-state index contributed by atoms with van der Waals surface area (Å²) >= 11 is 8.97. The van der Waals surface area contributed by atoms with E-state index in [4.69, 9.17) is 11.6 Å². The van der Waals surface area contributed by atoms with E-state index in [0.717, 1.165) is 37.2 Å². The number of hydrogen-bond acceptors (Lipinski definition) is 4. The number of carbonyl (C=O) groups excluding carboxylic acids is 1. The van der Waals surface area contributed by atoms with Crippen molar-refractivity contribution in [3.05, 3.63) is 93.3 Å². The Bertz CT molecular complexity index is 1130. The number of nitrogens with zero attached hydrogens (tertiary/aromatic N) is 1. The first-order chi connectivity index (χ1) is 14.4. The number of nitrogens with one attached hydrogen (secondary N) is 1. The van der Waals surface area contributed by atoms with Crippen molar-refractivity contribution in [2.75, 3.05) is 0 Å². The summed E-state index contributed by atoms with van der Waals surface area (Å²) < 4.78 is 0. The molecule has 1 amide bonds. The first-order valence-corrected chi connectivity index (χ1v) is 11.4. The van der Waals surface area contributed by atoms with Gasteiger partial charge in [0.1, 0.15) is 0 Å². The fraction of sp³-hybridized carbons (Fsp3) is 0.0833. The highest BCUT2D eigenvalue weighted by Crippen LogP contribution is 2.31. The fourth-order valence-electron chi connectivity index (χ4n) is 3.04. The lowest BCUT2D eigenvalue weighted by molar-refractivity contribution is -0.115. The van der Waals surface area contributed by atoms with Gasteiger partial charge in [-0.15, -0.1) is 0 Å². The van der Waals surface area contributed by atoms with Crippen LogP contribution in [-0.4, -0.2) is 11.1 Å². The number of halogens is 1. The molecule has 3 aromatic rings. The topological polar surface area (TPSA) is 41.5 Å². The van der Waals surface area contributed by atoms with Gasteiger partial charge in [0.15, 0.2) is 5.17 Å². The van der Waals surface area contributed by atoms with E-state index in [-0.39, 0.29) is 5.91 Å². The Labute approximate surface area is 189 Å². The van der Waals surface area contributed by atoms with E-state index in [2.05, 4.69) is 16.4 Å². The van der Waals surface area contributed by atoms with E-state index >= 15 is 0 Å². The summed E-state index contributed by atoms with van der Waals surface area (Å²) in [6.45, 7) is 4.08. The highest BCUT2D eigenvalue weighted by atomic mass is 35.5. The molecule has 0 aliphatic carbocycles. The standard InChI is InChI=1S/C24H19ClN2OS2/c1-15-11-16(2)13-19(12-15)26-24-27-23(28)22(30-24)14-17-3-7-20(8-4-17)29-21-9-5-18(25)6-10-21/h3-14H,1-2H3,(H,26,27,28)/b22-14-. The third kappa shape index (κ3) is 5.36. The number of benzene rings is 3. The van der Waals surface area contributed by atoms with Crippen molar-refractivity contribution in [2.45, 2.75) is 23.6 Å².